The predicted molar refractivity (Wildman–Crippen MR) is 149 cm³/mol. The van der Waals surface area contributed by atoms with Crippen LogP contribution in [0, 0.1) is 12.8 Å². The highest BCUT2D eigenvalue weighted by Gasteiger charge is 2.25. The molecule has 0 radical (unpaired) electrons. The average molecular weight is 523 g/mol. The third kappa shape index (κ3) is 7.98. The van der Waals surface area contributed by atoms with Crippen LogP contribution in [0.4, 0.5) is 5.82 Å². The Balaban J connectivity index is 1.33. The molecular formula is C29H42N6O3. The van der Waals surface area contributed by atoms with Crippen LogP contribution in [0.2, 0.25) is 0 Å². The molecule has 2 aliphatic rings. The Bertz CT molecular complexity index is 1040. The summed E-state index contributed by atoms with van der Waals surface area (Å²) in [6, 6.07) is 12.3. The second-order valence-electron chi connectivity index (χ2n) is 10.7. The van der Waals surface area contributed by atoms with Crippen LogP contribution in [0.15, 0.2) is 36.4 Å². The number of carbonyl (C=O) groups is 2. The largest absolute Gasteiger partial charge is 0.379 e. The zero-order chi connectivity index (χ0) is 26.9. The fourth-order valence-electron chi connectivity index (χ4n) is 4.89. The van der Waals surface area contributed by atoms with E-state index in [9.17, 15) is 9.59 Å². The van der Waals surface area contributed by atoms with E-state index in [4.69, 9.17) is 4.74 Å². The lowest BCUT2D eigenvalue weighted by Crippen LogP contribution is -2.48. The van der Waals surface area contributed by atoms with E-state index >= 15 is 0 Å². The number of carbonyl (C=O) groups excluding carboxylic acids is 2. The lowest BCUT2D eigenvalue weighted by Gasteiger charge is -2.31. The van der Waals surface area contributed by atoms with Gasteiger partial charge in [-0.25, -0.2) is 0 Å². The van der Waals surface area contributed by atoms with Crippen molar-refractivity contribution >= 4 is 17.6 Å². The SMILES string of the molecule is Cc1ccc(-c2ccc(N3CCCN(C(=O)CN(CCN4CCOCC4)C(=O)CC(C)C)CC3)nn2)cc1. The summed E-state index contributed by atoms with van der Waals surface area (Å²) in [7, 11) is 0. The van der Waals surface area contributed by atoms with Crippen molar-refractivity contribution in [3.05, 3.63) is 42.0 Å². The van der Waals surface area contributed by atoms with Crippen LogP contribution in [0.25, 0.3) is 11.3 Å². The zero-order valence-electron chi connectivity index (χ0n) is 23.1. The van der Waals surface area contributed by atoms with Gasteiger partial charge in [-0.2, -0.15) is 0 Å². The van der Waals surface area contributed by atoms with Crippen molar-refractivity contribution in [3.8, 4) is 11.3 Å². The van der Waals surface area contributed by atoms with Crippen molar-refractivity contribution in [3.63, 3.8) is 0 Å². The summed E-state index contributed by atoms with van der Waals surface area (Å²) >= 11 is 0. The summed E-state index contributed by atoms with van der Waals surface area (Å²) in [6.07, 6.45) is 1.31. The first kappa shape index (κ1) is 28.0. The van der Waals surface area contributed by atoms with Gasteiger partial charge in [-0.05, 0) is 31.4 Å². The first-order chi connectivity index (χ1) is 18.4. The lowest BCUT2D eigenvalue weighted by molar-refractivity contribution is -0.141. The standard InChI is InChI=1S/C29H42N6O3/c1-23(2)21-28(36)35(14-13-32-17-19-38-20-18-32)22-29(37)34-12-4-11-33(15-16-34)27-10-9-26(30-31-27)25-7-5-24(3)6-8-25/h5-10,23H,4,11-22H2,1-3H3. The summed E-state index contributed by atoms with van der Waals surface area (Å²) in [6.45, 7) is 13.6. The van der Waals surface area contributed by atoms with Crippen LogP contribution in [-0.2, 0) is 14.3 Å². The molecule has 2 fully saturated rings. The Morgan fingerprint density at radius 1 is 0.947 bits per heavy atom. The molecule has 0 N–H and O–H groups in total. The van der Waals surface area contributed by atoms with E-state index in [1.54, 1.807) is 4.90 Å². The average Bonchev–Trinajstić information content (AvgIpc) is 3.18. The molecule has 0 bridgehead atoms. The molecule has 0 saturated carbocycles. The smallest absolute Gasteiger partial charge is 0.242 e. The van der Waals surface area contributed by atoms with Crippen molar-refractivity contribution in [2.45, 2.75) is 33.6 Å². The summed E-state index contributed by atoms with van der Waals surface area (Å²) in [5.74, 6) is 1.16. The van der Waals surface area contributed by atoms with E-state index < -0.39 is 0 Å². The Kier molecular flexibility index (Phi) is 10.1. The number of anilines is 1. The molecule has 1 aromatic carbocycles. The molecule has 0 aliphatic carbocycles. The van der Waals surface area contributed by atoms with E-state index in [0.717, 1.165) is 62.9 Å². The van der Waals surface area contributed by atoms with Crippen molar-refractivity contribution in [1.82, 2.24) is 24.9 Å². The zero-order valence-corrected chi connectivity index (χ0v) is 23.1. The van der Waals surface area contributed by atoms with Crippen molar-refractivity contribution in [2.75, 3.05) is 77.0 Å². The fraction of sp³-hybridized carbons (Fsp3) is 0.586. The Morgan fingerprint density at radius 3 is 2.39 bits per heavy atom. The number of morpholine rings is 1. The first-order valence-electron chi connectivity index (χ1n) is 13.9. The monoisotopic (exact) mass is 522 g/mol. The predicted octanol–water partition coefficient (Wildman–Crippen LogP) is 2.70. The quantitative estimate of drug-likeness (QED) is 0.501. The number of rotatable bonds is 9. The molecule has 206 valence electrons. The van der Waals surface area contributed by atoms with Gasteiger partial charge in [0.05, 0.1) is 25.5 Å². The van der Waals surface area contributed by atoms with Gasteiger partial charge in [-0.3, -0.25) is 14.5 Å². The number of hydrogen-bond donors (Lipinski definition) is 0. The maximum absolute atomic E-state index is 13.3. The molecule has 3 heterocycles. The Morgan fingerprint density at radius 2 is 1.71 bits per heavy atom. The number of benzene rings is 1. The van der Waals surface area contributed by atoms with Crippen molar-refractivity contribution in [2.24, 2.45) is 5.92 Å². The van der Waals surface area contributed by atoms with Gasteiger partial charge in [0.2, 0.25) is 11.8 Å². The first-order valence-corrected chi connectivity index (χ1v) is 13.9. The highest BCUT2D eigenvalue weighted by Crippen LogP contribution is 2.20. The molecule has 2 amide bonds. The lowest BCUT2D eigenvalue weighted by atomic mass is 10.1. The Labute approximate surface area is 226 Å². The molecule has 2 saturated heterocycles. The van der Waals surface area contributed by atoms with E-state index in [2.05, 4.69) is 51.2 Å². The fourth-order valence-corrected chi connectivity index (χ4v) is 4.89. The van der Waals surface area contributed by atoms with Gasteiger partial charge in [-0.1, -0.05) is 43.7 Å². The minimum atomic E-state index is 0.0201. The van der Waals surface area contributed by atoms with Gasteiger partial charge < -0.3 is 19.4 Å². The van der Waals surface area contributed by atoms with Crippen LogP contribution in [0.1, 0.15) is 32.3 Å². The van der Waals surface area contributed by atoms with Gasteiger partial charge in [0, 0.05) is 64.3 Å². The third-order valence-electron chi connectivity index (χ3n) is 7.22. The highest BCUT2D eigenvalue weighted by molar-refractivity contribution is 5.85. The minimum Gasteiger partial charge on any atom is -0.379 e. The molecule has 38 heavy (non-hydrogen) atoms. The van der Waals surface area contributed by atoms with Crippen LogP contribution < -0.4 is 4.90 Å². The molecule has 4 rings (SSSR count). The second kappa shape index (κ2) is 13.7. The van der Waals surface area contributed by atoms with Gasteiger partial charge in [0.15, 0.2) is 5.82 Å². The summed E-state index contributed by atoms with van der Waals surface area (Å²) in [5.41, 5.74) is 3.11. The number of amides is 2. The molecule has 2 aromatic rings. The molecule has 2 aliphatic heterocycles. The molecule has 9 nitrogen and oxygen atoms in total. The van der Waals surface area contributed by atoms with Crippen LogP contribution in [0.5, 0.6) is 0 Å². The van der Waals surface area contributed by atoms with E-state index in [1.165, 1.54) is 5.56 Å². The molecule has 9 heteroatoms. The van der Waals surface area contributed by atoms with Gasteiger partial charge >= 0.3 is 0 Å². The summed E-state index contributed by atoms with van der Waals surface area (Å²) in [5, 5.41) is 8.94. The summed E-state index contributed by atoms with van der Waals surface area (Å²) < 4.78 is 5.44. The Hall–Kier alpha value is -3.04. The van der Waals surface area contributed by atoms with Crippen LogP contribution in [0.3, 0.4) is 0 Å². The van der Waals surface area contributed by atoms with Gasteiger partial charge in [0.25, 0.3) is 0 Å². The second-order valence-corrected chi connectivity index (χ2v) is 10.7. The maximum Gasteiger partial charge on any atom is 0.242 e. The molecule has 1 aromatic heterocycles. The van der Waals surface area contributed by atoms with E-state index in [-0.39, 0.29) is 24.3 Å². The van der Waals surface area contributed by atoms with Crippen LogP contribution in [-0.4, -0.2) is 109 Å². The maximum atomic E-state index is 13.3. The topological polar surface area (TPSA) is 82.1 Å². The molecule has 0 atom stereocenters. The van der Waals surface area contributed by atoms with E-state index in [0.29, 0.717) is 32.6 Å². The normalized spacial score (nSPS) is 16.9. The summed E-state index contributed by atoms with van der Waals surface area (Å²) in [4.78, 5) is 34.5. The minimum absolute atomic E-state index is 0.0201. The number of aryl methyl sites for hydroxylation is 1. The molecule has 0 unspecified atom stereocenters. The number of nitrogens with zero attached hydrogens (tertiary/aromatic N) is 6. The number of hydrogen-bond acceptors (Lipinski definition) is 7. The third-order valence-corrected chi connectivity index (χ3v) is 7.22. The van der Waals surface area contributed by atoms with Crippen molar-refractivity contribution in [1.29, 1.82) is 0 Å². The highest BCUT2D eigenvalue weighted by atomic mass is 16.5. The van der Waals surface area contributed by atoms with Gasteiger partial charge in [0.1, 0.15) is 0 Å². The van der Waals surface area contributed by atoms with Crippen molar-refractivity contribution < 1.29 is 14.3 Å². The number of aromatic nitrogens is 2. The number of ether oxygens (including phenoxy) is 1. The molecule has 0 spiro atoms. The van der Waals surface area contributed by atoms with Gasteiger partial charge in [-0.15, -0.1) is 10.2 Å². The van der Waals surface area contributed by atoms with Crippen LogP contribution >= 0.6 is 0 Å². The van der Waals surface area contributed by atoms with E-state index in [1.807, 2.05) is 30.9 Å². The molecular weight excluding hydrogens is 480 g/mol.